The van der Waals surface area contributed by atoms with Crippen LogP contribution >= 0.6 is 0 Å². The van der Waals surface area contributed by atoms with Crippen LogP contribution in [0.15, 0.2) is 0 Å². The van der Waals surface area contributed by atoms with Crippen molar-refractivity contribution in [3.8, 4) is 0 Å². The second-order valence-electron chi connectivity index (χ2n) is 5.42. The molecule has 2 heteroatoms. The van der Waals surface area contributed by atoms with Gasteiger partial charge in [0, 0.05) is 0 Å². The molecule has 88 valence electrons. The number of carbonyl (C=O) groups is 1. The molecular weight excluding hydrogens is 188 g/mol. The Morgan fingerprint density at radius 2 is 1.87 bits per heavy atom. The van der Waals surface area contributed by atoms with E-state index in [1.165, 1.54) is 45.6 Å². The van der Waals surface area contributed by atoms with E-state index in [9.17, 15) is 4.79 Å². The normalized spacial score (nSPS) is 18.9. The van der Waals surface area contributed by atoms with Gasteiger partial charge in [0.2, 0.25) is 0 Å². The van der Waals surface area contributed by atoms with Crippen molar-refractivity contribution in [1.29, 1.82) is 0 Å². The van der Waals surface area contributed by atoms with Crippen LogP contribution in [0, 0.1) is 11.3 Å². The lowest BCUT2D eigenvalue weighted by molar-refractivity contribution is -0.151. The molecule has 0 saturated heterocycles. The molecule has 0 radical (unpaired) electrons. The van der Waals surface area contributed by atoms with Crippen molar-refractivity contribution in [1.82, 2.24) is 0 Å². The van der Waals surface area contributed by atoms with Crippen LogP contribution in [0.25, 0.3) is 0 Å². The predicted molar refractivity (Wildman–Crippen MR) is 61.6 cm³/mol. The molecule has 1 aliphatic carbocycles. The van der Waals surface area contributed by atoms with Crippen molar-refractivity contribution >= 4 is 5.97 Å². The maximum Gasteiger partial charge on any atom is 0.311 e. The Morgan fingerprint density at radius 3 is 2.40 bits per heavy atom. The van der Waals surface area contributed by atoms with Crippen molar-refractivity contribution in [2.45, 2.75) is 58.8 Å². The highest BCUT2D eigenvalue weighted by molar-refractivity contribution is 5.75. The van der Waals surface area contributed by atoms with Crippen LogP contribution in [0.5, 0.6) is 0 Å². The summed E-state index contributed by atoms with van der Waals surface area (Å²) in [6.07, 6.45) is 9.02. The zero-order chi connectivity index (χ0) is 11.3. The van der Waals surface area contributed by atoms with Crippen LogP contribution in [-0.2, 0) is 9.53 Å². The first-order valence-electron chi connectivity index (χ1n) is 6.14. The highest BCUT2D eigenvalue weighted by Crippen LogP contribution is 2.32. The number of methoxy groups -OCH3 is 1. The third-order valence-electron chi connectivity index (χ3n) is 3.64. The molecular formula is C13H24O2. The van der Waals surface area contributed by atoms with E-state index in [4.69, 9.17) is 4.74 Å². The van der Waals surface area contributed by atoms with E-state index in [0.717, 1.165) is 12.3 Å². The Morgan fingerprint density at radius 1 is 1.27 bits per heavy atom. The summed E-state index contributed by atoms with van der Waals surface area (Å²) in [5.41, 5.74) is -0.299. The van der Waals surface area contributed by atoms with Crippen molar-refractivity contribution in [2.75, 3.05) is 7.11 Å². The van der Waals surface area contributed by atoms with Gasteiger partial charge in [-0.2, -0.15) is 0 Å². The molecule has 1 fully saturated rings. The predicted octanol–water partition coefficient (Wildman–Crippen LogP) is 3.55. The highest BCUT2D eigenvalue weighted by atomic mass is 16.5. The molecule has 0 N–H and O–H groups in total. The standard InChI is InChI=1S/C13H24O2/c1-13(2,12(14)15-3)10-9-11-7-5-4-6-8-11/h11H,4-10H2,1-3H3. The van der Waals surface area contributed by atoms with E-state index in [0.29, 0.717) is 0 Å². The van der Waals surface area contributed by atoms with E-state index < -0.39 is 0 Å². The zero-order valence-corrected chi connectivity index (χ0v) is 10.3. The molecule has 0 amide bonds. The van der Waals surface area contributed by atoms with Crippen molar-refractivity contribution in [3.05, 3.63) is 0 Å². The first-order valence-corrected chi connectivity index (χ1v) is 6.14. The van der Waals surface area contributed by atoms with E-state index >= 15 is 0 Å². The lowest BCUT2D eigenvalue weighted by Gasteiger charge is -2.26. The Balaban J connectivity index is 2.31. The minimum atomic E-state index is -0.299. The van der Waals surface area contributed by atoms with Crippen molar-refractivity contribution < 1.29 is 9.53 Å². The van der Waals surface area contributed by atoms with E-state index in [1.807, 2.05) is 13.8 Å². The van der Waals surface area contributed by atoms with Gasteiger partial charge in [-0.25, -0.2) is 0 Å². The van der Waals surface area contributed by atoms with Crippen molar-refractivity contribution in [2.24, 2.45) is 11.3 Å². The fourth-order valence-electron chi connectivity index (χ4n) is 2.42. The third kappa shape index (κ3) is 3.84. The first kappa shape index (κ1) is 12.5. The second-order valence-corrected chi connectivity index (χ2v) is 5.42. The summed E-state index contributed by atoms with van der Waals surface area (Å²) >= 11 is 0. The van der Waals surface area contributed by atoms with Crippen LogP contribution in [-0.4, -0.2) is 13.1 Å². The molecule has 0 bridgehead atoms. The molecule has 0 aliphatic heterocycles. The number of hydrogen-bond donors (Lipinski definition) is 0. The number of ether oxygens (including phenoxy) is 1. The summed E-state index contributed by atoms with van der Waals surface area (Å²) in [5, 5.41) is 0. The fraction of sp³-hybridized carbons (Fsp3) is 0.923. The molecule has 1 saturated carbocycles. The molecule has 0 aromatic carbocycles. The van der Waals surface area contributed by atoms with Gasteiger partial charge >= 0.3 is 5.97 Å². The summed E-state index contributed by atoms with van der Waals surface area (Å²) in [4.78, 5) is 11.5. The summed E-state index contributed by atoms with van der Waals surface area (Å²) in [6, 6.07) is 0. The Hall–Kier alpha value is -0.530. The SMILES string of the molecule is COC(=O)C(C)(C)CCC1CCCCC1. The van der Waals surface area contributed by atoms with Gasteiger partial charge in [-0.05, 0) is 32.6 Å². The van der Waals surface area contributed by atoms with Gasteiger partial charge in [-0.15, -0.1) is 0 Å². The molecule has 2 nitrogen and oxygen atoms in total. The van der Waals surface area contributed by atoms with E-state index in [1.54, 1.807) is 0 Å². The Bertz CT molecular complexity index is 203. The minimum absolute atomic E-state index is 0.0710. The number of esters is 1. The van der Waals surface area contributed by atoms with Gasteiger partial charge < -0.3 is 4.74 Å². The van der Waals surface area contributed by atoms with Crippen LogP contribution < -0.4 is 0 Å². The number of rotatable bonds is 4. The smallest absolute Gasteiger partial charge is 0.311 e. The average Bonchev–Trinajstić information content (AvgIpc) is 2.27. The second kappa shape index (κ2) is 5.53. The topological polar surface area (TPSA) is 26.3 Å². The Labute approximate surface area is 93.4 Å². The largest absolute Gasteiger partial charge is 0.469 e. The molecule has 0 aromatic rings. The molecule has 15 heavy (non-hydrogen) atoms. The van der Waals surface area contributed by atoms with E-state index in [-0.39, 0.29) is 11.4 Å². The molecule has 1 rings (SSSR count). The lowest BCUT2D eigenvalue weighted by atomic mass is 9.80. The number of hydrogen-bond acceptors (Lipinski definition) is 2. The average molecular weight is 212 g/mol. The van der Waals surface area contributed by atoms with Gasteiger partial charge in [0.25, 0.3) is 0 Å². The monoisotopic (exact) mass is 212 g/mol. The van der Waals surface area contributed by atoms with Gasteiger partial charge in [0.05, 0.1) is 12.5 Å². The van der Waals surface area contributed by atoms with Crippen LogP contribution in [0.2, 0.25) is 0 Å². The third-order valence-corrected chi connectivity index (χ3v) is 3.64. The fourth-order valence-corrected chi connectivity index (χ4v) is 2.42. The van der Waals surface area contributed by atoms with Gasteiger partial charge in [-0.1, -0.05) is 32.1 Å². The Kier molecular flexibility index (Phi) is 4.62. The lowest BCUT2D eigenvalue weighted by Crippen LogP contribution is -2.26. The summed E-state index contributed by atoms with van der Waals surface area (Å²) < 4.78 is 4.82. The van der Waals surface area contributed by atoms with Crippen LogP contribution in [0.1, 0.15) is 58.8 Å². The maximum absolute atomic E-state index is 11.5. The molecule has 0 atom stereocenters. The number of carbonyl (C=O) groups excluding carboxylic acids is 1. The highest BCUT2D eigenvalue weighted by Gasteiger charge is 2.29. The summed E-state index contributed by atoms with van der Waals surface area (Å²) in [6.45, 7) is 3.98. The quantitative estimate of drug-likeness (QED) is 0.666. The molecule has 0 heterocycles. The van der Waals surface area contributed by atoms with E-state index in [2.05, 4.69) is 0 Å². The van der Waals surface area contributed by atoms with Crippen LogP contribution in [0.3, 0.4) is 0 Å². The molecule has 0 unspecified atom stereocenters. The molecule has 1 aliphatic rings. The van der Waals surface area contributed by atoms with Gasteiger partial charge in [0.15, 0.2) is 0 Å². The maximum atomic E-state index is 11.5. The first-order chi connectivity index (χ1) is 7.06. The van der Waals surface area contributed by atoms with Gasteiger partial charge in [0.1, 0.15) is 0 Å². The van der Waals surface area contributed by atoms with Crippen molar-refractivity contribution in [3.63, 3.8) is 0 Å². The summed E-state index contributed by atoms with van der Waals surface area (Å²) in [7, 11) is 1.48. The zero-order valence-electron chi connectivity index (χ0n) is 10.3. The molecule has 0 aromatic heterocycles. The van der Waals surface area contributed by atoms with Gasteiger partial charge in [-0.3, -0.25) is 4.79 Å². The summed E-state index contributed by atoms with van der Waals surface area (Å²) in [5.74, 6) is 0.779. The molecule has 0 spiro atoms. The minimum Gasteiger partial charge on any atom is -0.469 e. The van der Waals surface area contributed by atoms with Crippen LogP contribution in [0.4, 0.5) is 0 Å².